The molecule has 0 aromatic heterocycles. The molecule has 16 rings (SSSR count). The Morgan fingerprint density at radius 3 is 1.19 bits per heavy atom. The van der Waals surface area contributed by atoms with Gasteiger partial charge in [0.05, 0.1) is 22.2 Å². The van der Waals surface area contributed by atoms with Crippen molar-refractivity contribution in [2.45, 2.75) is 10.8 Å². The summed E-state index contributed by atoms with van der Waals surface area (Å²) in [4.78, 5) is 5.00. The summed E-state index contributed by atoms with van der Waals surface area (Å²) in [7, 11) is 0. The van der Waals surface area contributed by atoms with Gasteiger partial charge in [-0.2, -0.15) is 0 Å². The summed E-state index contributed by atoms with van der Waals surface area (Å²) in [6.45, 7) is 0. The minimum Gasteiger partial charge on any atom is -0.310 e. The predicted octanol–water partition coefficient (Wildman–Crippen LogP) is 18.5. The Kier molecular flexibility index (Phi) is 8.62. The summed E-state index contributed by atoms with van der Waals surface area (Å²) in [5.74, 6) is 0. The normalized spacial score (nSPS) is 15.2. The van der Waals surface area contributed by atoms with Crippen molar-refractivity contribution in [1.82, 2.24) is 0 Å². The van der Waals surface area contributed by atoms with Crippen molar-refractivity contribution in [2.24, 2.45) is 0 Å². The first-order valence-corrected chi connectivity index (χ1v) is 25.8. The lowest BCUT2D eigenvalue weighted by Gasteiger charge is -2.37. The molecule has 0 saturated heterocycles. The van der Waals surface area contributed by atoms with Gasteiger partial charge in [0, 0.05) is 33.7 Å². The molecule has 0 radical (unpaired) electrons. The number of anilines is 6. The first-order valence-electron chi connectivity index (χ1n) is 25.8. The van der Waals surface area contributed by atoms with E-state index >= 15 is 0 Å². The number of fused-ring (bicyclic) bond motifs is 22. The number of rotatable bonds is 6. The first-order chi connectivity index (χ1) is 36.8. The molecule has 1 atom stereocenters. The molecule has 4 aliphatic carbocycles. The van der Waals surface area contributed by atoms with E-state index in [1.807, 2.05) is 0 Å². The van der Waals surface area contributed by atoms with E-state index in [4.69, 9.17) is 0 Å². The van der Waals surface area contributed by atoms with Crippen molar-refractivity contribution in [1.29, 1.82) is 0 Å². The van der Waals surface area contributed by atoms with Crippen LogP contribution in [0.15, 0.2) is 279 Å². The molecule has 1 unspecified atom stereocenters. The summed E-state index contributed by atoms with van der Waals surface area (Å²) in [5, 5.41) is 2.45. The van der Waals surface area contributed by atoms with Gasteiger partial charge in [0.2, 0.25) is 0 Å². The molecule has 2 spiro atoms. The van der Waals surface area contributed by atoms with E-state index in [1.54, 1.807) is 0 Å². The molecule has 12 aromatic carbocycles. The Bertz CT molecular complexity index is 4170. The fraction of sp³-hybridized carbons (Fsp3) is 0.0278. The Morgan fingerprint density at radius 1 is 0.216 bits per heavy atom. The fourth-order valence-corrected chi connectivity index (χ4v) is 14.2. The van der Waals surface area contributed by atoms with Gasteiger partial charge >= 0.3 is 0 Å². The summed E-state index contributed by atoms with van der Waals surface area (Å²) in [6.07, 6.45) is 0. The molecule has 0 N–H and O–H groups in total. The minimum atomic E-state index is -0.610. The zero-order valence-electron chi connectivity index (χ0n) is 40.5. The van der Waals surface area contributed by atoms with Crippen LogP contribution < -0.4 is 9.80 Å². The largest absolute Gasteiger partial charge is 0.310 e. The van der Waals surface area contributed by atoms with Crippen molar-refractivity contribution in [3.05, 3.63) is 324 Å². The topological polar surface area (TPSA) is 6.48 Å². The molecule has 2 heteroatoms. The Labute approximate surface area is 431 Å². The van der Waals surface area contributed by atoms with Gasteiger partial charge in [-0.05, 0) is 150 Å². The molecule has 344 valence electrons. The number of benzene rings is 12. The second-order valence-electron chi connectivity index (χ2n) is 20.2. The molecule has 0 bridgehead atoms. The van der Waals surface area contributed by atoms with Gasteiger partial charge < -0.3 is 9.80 Å². The third-order valence-electron chi connectivity index (χ3n) is 16.8. The highest BCUT2D eigenvalue weighted by Gasteiger charge is 2.55. The van der Waals surface area contributed by atoms with Crippen LogP contribution in [-0.2, 0) is 10.8 Å². The average molecular weight is 939 g/mol. The summed E-state index contributed by atoms with van der Waals surface area (Å²) in [5.41, 5.74) is 26.4. The molecule has 0 amide bonds. The van der Waals surface area contributed by atoms with Crippen LogP contribution in [0.4, 0.5) is 34.1 Å². The van der Waals surface area contributed by atoms with Crippen LogP contribution in [0.2, 0.25) is 0 Å². The second kappa shape index (κ2) is 15.5. The van der Waals surface area contributed by atoms with E-state index < -0.39 is 10.8 Å². The van der Waals surface area contributed by atoms with Crippen LogP contribution in [0.5, 0.6) is 0 Å². The van der Waals surface area contributed by atoms with Crippen LogP contribution >= 0.6 is 0 Å². The maximum Gasteiger partial charge on any atom is 0.0746 e. The van der Waals surface area contributed by atoms with Gasteiger partial charge in [0.25, 0.3) is 0 Å². The van der Waals surface area contributed by atoms with Crippen molar-refractivity contribution in [3.8, 4) is 44.5 Å². The SMILES string of the molecule is c1ccc(N(c2ccccc2)c2ccc3c(c2)-c2ccccc2C32c3ccccc3-c3c2cc(N(c2ccccc2)c2cccc4c2C2(c5ccccc5-c5ccccc52)c2ccccc2-4)c2ccccc32)cc1. The number of para-hydroxylation sites is 3. The predicted molar refractivity (Wildman–Crippen MR) is 306 cm³/mol. The molecule has 12 aromatic rings. The molecular weight excluding hydrogens is 893 g/mol. The highest BCUT2D eigenvalue weighted by Crippen LogP contribution is 2.68. The first kappa shape index (κ1) is 41.2. The van der Waals surface area contributed by atoms with E-state index in [0.717, 1.165) is 28.4 Å². The van der Waals surface area contributed by atoms with Gasteiger partial charge in [-0.15, -0.1) is 0 Å². The molecular formula is C72H46N2. The fourth-order valence-electron chi connectivity index (χ4n) is 14.2. The maximum absolute atomic E-state index is 2.61. The molecule has 0 saturated carbocycles. The third-order valence-corrected chi connectivity index (χ3v) is 16.8. The lowest BCUT2D eigenvalue weighted by Crippen LogP contribution is -2.28. The van der Waals surface area contributed by atoms with E-state index in [1.165, 1.54) is 105 Å². The van der Waals surface area contributed by atoms with Crippen molar-refractivity contribution >= 4 is 44.9 Å². The van der Waals surface area contributed by atoms with E-state index in [9.17, 15) is 0 Å². The van der Waals surface area contributed by atoms with E-state index in [0.29, 0.717) is 0 Å². The van der Waals surface area contributed by atoms with Crippen molar-refractivity contribution < 1.29 is 0 Å². The molecule has 0 fully saturated rings. The van der Waals surface area contributed by atoms with E-state index in [2.05, 4.69) is 289 Å². The van der Waals surface area contributed by atoms with Gasteiger partial charge in [0.15, 0.2) is 0 Å². The zero-order chi connectivity index (χ0) is 48.5. The molecule has 0 heterocycles. The van der Waals surface area contributed by atoms with Crippen LogP contribution in [0, 0.1) is 0 Å². The maximum atomic E-state index is 2.61. The minimum absolute atomic E-state index is 0.554. The van der Waals surface area contributed by atoms with Crippen LogP contribution in [0.25, 0.3) is 55.3 Å². The Morgan fingerprint density at radius 2 is 0.622 bits per heavy atom. The standard InChI is InChI=1S/C72H46N2/c1-4-23-47(24-5-1)73(48-25-6-2-7-26-48)50-43-44-65-59(45-50)54-32-15-17-37-60(54)71(65)64-41-21-16-35-58(64)69-56-34-11-10-33-55(56)68(46-66(69)71)74(49-27-8-3-9-28-49)67-42-22-36-57-53-31-14-20-40-63(53)72(70(57)67)61-38-18-12-29-51(61)52-30-13-19-39-62(52)72/h1-46H. The number of nitrogens with zero attached hydrogens (tertiary/aromatic N) is 2. The number of hydrogen-bond acceptors (Lipinski definition) is 2. The second-order valence-corrected chi connectivity index (χ2v) is 20.2. The third kappa shape index (κ3) is 5.28. The quantitative estimate of drug-likeness (QED) is 0.164. The zero-order valence-corrected chi connectivity index (χ0v) is 40.5. The smallest absolute Gasteiger partial charge is 0.0746 e. The molecule has 74 heavy (non-hydrogen) atoms. The van der Waals surface area contributed by atoms with Crippen LogP contribution in [-0.4, -0.2) is 0 Å². The lowest BCUT2D eigenvalue weighted by molar-refractivity contribution is 0.791. The summed E-state index contributed by atoms with van der Waals surface area (Å²) >= 11 is 0. The van der Waals surface area contributed by atoms with Crippen molar-refractivity contribution in [2.75, 3.05) is 9.80 Å². The lowest BCUT2D eigenvalue weighted by atomic mass is 9.69. The molecule has 4 aliphatic rings. The highest BCUT2D eigenvalue weighted by atomic mass is 15.2. The molecule has 2 nitrogen and oxygen atoms in total. The highest BCUT2D eigenvalue weighted by molar-refractivity contribution is 6.13. The number of hydrogen-bond donors (Lipinski definition) is 0. The van der Waals surface area contributed by atoms with Crippen molar-refractivity contribution in [3.63, 3.8) is 0 Å². The van der Waals surface area contributed by atoms with Gasteiger partial charge in [0.1, 0.15) is 0 Å². The average Bonchev–Trinajstić information content (AvgIpc) is 4.23. The van der Waals surface area contributed by atoms with Gasteiger partial charge in [-0.25, -0.2) is 0 Å². The summed E-state index contributed by atoms with van der Waals surface area (Å²) in [6, 6.07) is 105. The molecule has 0 aliphatic heterocycles. The Balaban J connectivity index is 1.00. The Hall–Kier alpha value is -9.50. The summed E-state index contributed by atoms with van der Waals surface area (Å²) < 4.78 is 0. The van der Waals surface area contributed by atoms with E-state index in [-0.39, 0.29) is 0 Å². The van der Waals surface area contributed by atoms with Crippen LogP contribution in [0.1, 0.15) is 44.5 Å². The van der Waals surface area contributed by atoms with Crippen LogP contribution in [0.3, 0.4) is 0 Å². The monoisotopic (exact) mass is 938 g/mol. The van der Waals surface area contributed by atoms with Gasteiger partial charge in [-0.3, -0.25) is 0 Å². The van der Waals surface area contributed by atoms with Gasteiger partial charge in [-0.1, -0.05) is 218 Å².